The lowest BCUT2D eigenvalue weighted by molar-refractivity contribution is -0.384. The average molecular weight is 347 g/mol. The smallest absolute Gasteiger partial charge is 0.293 e. The van der Waals surface area contributed by atoms with Crippen LogP contribution in [0, 0.1) is 21.4 Å². The van der Waals surface area contributed by atoms with E-state index in [-0.39, 0.29) is 17.2 Å². The van der Waals surface area contributed by atoms with Crippen LogP contribution >= 0.6 is 0 Å². The molecule has 0 radical (unpaired) electrons. The number of hydrogen-bond acceptors (Lipinski definition) is 7. The maximum atomic E-state index is 11.8. The molecule has 1 heterocycles. The third kappa shape index (κ3) is 5.14. The Morgan fingerprint density at radius 2 is 2.12 bits per heavy atom. The summed E-state index contributed by atoms with van der Waals surface area (Å²) in [6.45, 7) is 3.68. The molecule has 25 heavy (non-hydrogen) atoms. The maximum Gasteiger partial charge on any atom is 0.293 e. The van der Waals surface area contributed by atoms with Crippen molar-refractivity contribution >= 4 is 17.3 Å². The lowest BCUT2D eigenvalue weighted by Crippen LogP contribution is -2.49. The highest BCUT2D eigenvalue weighted by Gasteiger charge is 2.24. The summed E-state index contributed by atoms with van der Waals surface area (Å²) < 4.78 is 4.88. The van der Waals surface area contributed by atoms with E-state index in [4.69, 9.17) is 10.00 Å². The van der Waals surface area contributed by atoms with Crippen LogP contribution < -0.4 is 10.2 Å². The van der Waals surface area contributed by atoms with Gasteiger partial charge in [-0.1, -0.05) is 0 Å². The van der Waals surface area contributed by atoms with Crippen molar-refractivity contribution in [1.29, 1.82) is 5.26 Å². The van der Waals surface area contributed by atoms with Crippen molar-refractivity contribution in [2.24, 2.45) is 0 Å². The van der Waals surface area contributed by atoms with E-state index in [1.165, 1.54) is 6.07 Å². The number of nitriles is 1. The van der Waals surface area contributed by atoms with Crippen LogP contribution in [0.15, 0.2) is 18.2 Å². The van der Waals surface area contributed by atoms with Crippen molar-refractivity contribution in [3.8, 4) is 6.07 Å². The molecule has 2 rings (SSSR count). The first-order chi connectivity index (χ1) is 12.0. The van der Waals surface area contributed by atoms with Gasteiger partial charge in [0.1, 0.15) is 5.69 Å². The molecule has 1 fully saturated rings. The highest BCUT2D eigenvalue weighted by molar-refractivity contribution is 5.78. The Hall–Kier alpha value is -2.70. The summed E-state index contributed by atoms with van der Waals surface area (Å²) in [4.78, 5) is 26.5. The van der Waals surface area contributed by atoms with E-state index in [9.17, 15) is 14.9 Å². The lowest BCUT2D eigenvalue weighted by Gasteiger charge is -2.35. The third-order valence-electron chi connectivity index (χ3n) is 4.01. The second-order valence-electron chi connectivity index (χ2n) is 5.68. The molecule has 1 aromatic carbocycles. The van der Waals surface area contributed by atoms with Gasteiger partial charge in [0.2, 0.25) is 5.91 Å². The molecule has 0 bridgehead atoms. The van der Waals surface area contributed by atoms with E-state index in [0.717, 1.165) is 0 Å². The number of rotatable bonds is 7. The van der Waals surface area contributed by atoms with Crippen LogP contribution in [0.5, 0.6) is 0 Å². The van der Waals surface area contributed by atoms with Gasteiger partial charge in [0, 0.05) is 45.9 Å². The zero-order valence-electron chi connectivity index (χ0n) is 14.1. The minimum absolute atomic E-state index is 0.0603. The molecule has 1 aliphatic heterocycles. The fourth-order valence-corrected chi connectivity index (χ4v) is 2.71. The Morgan fingerprint density at radius 3 is 2.72 bits per heavy atom. The predicted molar refractivity (Wildman–Crippen MR) is 91.4 cm³/mol. The highest BCUT2D eigenvalue weighted by Crippen LogP contribution is 2.29. The summed E-state index contributed by atoms with van der Waals surface area (Å²) in [6.07, 6.45) is 0. The number of piperazine rings is 1. The molecule has 0 atom stereocenters. The number of ether oxygens (including phenoxy) is 1. The maximum absolute atomic E-state index is 11.8. The fraction of sp³-hybridized carbons (Fsp3) is 0.500. The Morgan fingerprint density at radius 1 is 1.40 bits per heavy atom. The highest BCUT2D eigenvalue weighted by atomic mass is 16.6. The van der Waals surface area contributed by atoms with Crippen LogP contribution in [0.1, 0.15) is 5.56 Å². The standard InChI is InChI=1S/C16H21N5O4/c1-25-9-4-18-16(22)12-19-5-7-20(8-6-19)14-3-2-13(11-17)10-15(14)21(23)24/h2-3,10H,4-9,12H2,1H3,(H,18,22). The van der Waals surface area contributed by atoms with Crippen LogP contribution in [-0.2, 0) is 9.53 Å². The lowest BCUT2D eigenvalue weighted by atomic mass is 10.1. The minimum Gasteiger partial charge on any atom is -0.383 e. The number of methoxy groups -OCH3 is 1. The van der Waals surface area contributed by atoms with Crippen molar-refractivity contribution in [3.63, 3.8) is 0 Å². The molecule has 1 aliphatic rings. The first kappa shape index (κ1) is 18.6. The second kappa shape index (κ2) is 8.96. The van der Waals surface area contributed by atoms with Crippen molar-refractivity contribution in [2.75, 3.05) is 57.9 Å². The van der Waals surface area contributed by atoms with Gasteiger partial charge in [-0.3, -0.25) is 19.8 Å². The molecule has 0 unspecified atom stereocenters. The van der Waals surface area contributed by atoms with E-state index in [2.05, 4.69) is 5.32 Å². The molecule has 134 valence electrons. The van der Waals surface area contributed by atoms with Crippen molar-refractivity contribution in [1.82, 2.24) is 10.2 Å². The van der Waals surface area contributed by atoms with Crippen LogP contribution in [0.25, 0.3) is 0 Å². The molecule has 0 saturated carbocycles. The fourth-order valence-electron chi connectivity index (χ4n) is 2.71. The molecule has 1 saturated heterocycles. The molecular weight excluding hydrogens is 326 g/mol. The summed E-state index contributed by atoms with van der Waals surface area (Å²) in [7, 11) is 1.58. The summed E-state index contributed by atoms with van der Waals surface area (Å²) in [5.74, 6) is -0.0603. The van der Waals surface area contributed by atoms with Gasteiger partial charge in [-0.05, 0) is 12.1 Å². The van der Waals surface area contributed by atoms with Gasteiger partial charge < -0.3 is 15.0 Å². The predicted octanol–water partition coefficient (Wildman–Crippen LogP) is 0.351. The number of amides is 1. The topological polar surface area (TPSA) is 112 Å². The number of anilines is 1. The molecular formula is C16H21N5O4. The molecule has 0 aliphatic carbocycles. The molecule has 1 amide bonds. The summed E-state index contributed by atoms with van der Waals surface area (Å²) in [6, 6.07) is 6.41. The van der Waals surface area contributed by atoms with Crippen LogP contribution in [0.2, 0.25) is 0 Å². The van der Waals surface area contributed by atoms with Crippen LogP contribution in [-0.4, -0.2) is 68.7 Å². The van der Waals surface area contributed by atoms with Gasteiger partial charge in [0.05, 0.1) is 29.7 Å². The normalized spacial score (nSPS) is 14.8. The van der Waals surface area contributed by atoms with Crippen LogP contribution in [0.3, 0.4) is 0 Å². The minimum atomic E-state index is -0.466. The SMILES string of the molecule is COCCNC(=O)CN1CCN(c2ccc(C#N)cc2[N+](=O)[O-])CC1. The molecule has 0 spiro atoms. The number of benzene rings is 1. The van der Waals surface area contributed by atoms with Gasteiger partial charge >= 0.3 is 0 Å². The van der Waals surface area contributed by atoms with Gasteiger partial charge in [-0.2, -0.15) is 5.26 Å². The summed E-state index contributed by atoms with van der Waals surface area (Å²) in [5, 5.41) is 22.9. The Kier molecular flexibility index (Phi) is 6.68. The number of nitrogens with one attached hydrogen (secondary N) is 1. The van der Waals surface area contributed by atoms with Gasteiger partial charge in [0.25, 0.3) is 5.69 Å². The average Bonchev–Trinajstić information content (AvgIpc) is 2.62. The Labute approximate surface area is 145 Å². The zero-order valence-corrected chi connectivity index (χ0v) is 14.1. The van der Waals surface area contributed by atoms with Gasteiger partial charge in [-0.15, -0.1) is 0 Å². The van der Waals surface area contributed by atoms with Crippen LogP contribution in [0.4, 0.5) is 11.4 Å². The molecule has 1 N–H and O–H groups in total. The van der Waals surface area contributed by atoms with E-state index in [1.807, 2.05) is 15.9 Å². The number of hydrogen-bond donors (Lipinski definition) is 1. The number of nitro benzene ring substituents is 1. The summed E-state index contributed by atoms with van der Waals surface area (Å²) in [5.41, 5.74) is 0.708. The number of nitro groups is 1. The third-order valence-corrected chi connectivity index (χ3v) is 4.01. The zero-order chi connectivity index (χ0) is 18.2. The Bertz CT molecular complexity index is 665. The van der Waals surface area contributed by atoms with Gasteiger partial charge in [-0.25, -0.2) is 0 Å². The number of nitrogens with zero attached hydrogens (tertiary/aromatic N) is 4. The van der Waals surface area contributed by atoms with E-state index in [1.54, 1.807) is 19.2 Å². The number of carbonyl (C=O) groups excluding carboxylic acids is 1. The largest absolute Gasteiger partial charge is 0.383 e. The van der Waals surface area contributed by atoms with E-state index in [0.29, 0.717) is 51.6 Å². The molecule has 9 heteroatoms. The van der Waals surface area contributed by atoms with Crippen molar-refractivity contribution < 1.29 is 14.5 Å². The first-order valence-electron chi connectivity index (χ1n) is 7.96. The monoisotopic (exact) mass is 347 g/mol. The van der Waals surface area contributed by atoms with E-state index >= 15 is 0 Å². The van der Waals surface area contributed by atoms with E-state index < -0.39 is 4.92 Å². The number of carbonyl (C=O) groups is 1. The quantitative estimate of drug-likeness (QED) is 0.430. The van der Waals surface area contributed by atoms with Crippen molar-refractivity contribution in [2.45, 2.75) is 0 Å². The first-order valence-corrected chi connectivity index (χ1v) is 7.96. The molecule has 1 aromatic rings. The Balaban J connectivity index is 1.93. The summed E-state index contributed by atoms with van der Waals surface area (Å²) >= 11 is 0. The molecule has 0 aromatic heterocycles. The second-order valence-corrected chi connectivity index (χ2v) is 5.68. The molecule has 9 nitrogen and oxygen atoms in total. The van der Waals surface area contributed by atoms with Gasteiger partial charge in [0.15, 0.2) is 0 Å². The van der Waals surface area contributed by atoms with Crippen molar-refractivity contribution in [3.05, 3.63) is 33.9 Å².